The van der Waals surface area contributed by atoms with Gasteiger partial charge in [-0.25, -0.2) is 0 Å². The fourth-order valence-corrected chi connectivity index (χ4v) is 0.898. The van der Waals surface area contributed by atoms with E-state index in [0.717, 1.165) is 12.8 Å². The van der Waals surface area contributed by atoms with Crippen LogP contribution in [-0.2, 0) is 0 Å². The molecule has 0 heterocycles. The molecule has 0 aliphatic heterocycles. The first-order valence-electron chi connectivity index (χ1n) is 3.50. The maximum Gasteiger partial charge on any atom is 0.0549 e. The Kier molecular flexibility index (Phi) is 4.41. The molecule has 0 rings (SSSR count). The van der Waals surface area contributed by atoms with Crippen LogP contribution in [0.5, 0.6) is 0 Å². The lowest BCUT2D eigenvalue weighted by Crippen LogP contribution is -1.98. The molecule has 1 unspecified atom stereocenters. The molecule has 0 amide bonds. The van der Waals surface area contributed by atoms with Crippen LogP contribution in [0, 0.1) is 0 Å². The Balaban J connectivity index is 3.49. The lowest BCUT2D eigenvalue weighted by molar-refractivity contribution is 0.195. The predicted octanol–water partition coefficient (Wildman–Crippen LogP) is 2.11. The molecule has 0 aromatic carbocycles. The summed E-state index contributed by atoms with van der Waals surface area (Å²) in [6, 6.07) is 0. The van der Waals surface area contributed by atoms with Crippen molar-refractivity contribution in [2.75, 3.05) is 0 Å². The predicted molar refractivity (Wildman–Crippen MR) is 40.3 cm³/mol. The van der Waals surface area contributed by atoms with Gasteiger partial charge in [0.15, 0.2) is 0 Å². The first-order valence-corrected chi connectivity index (χ1v) is 3.50. The molecule has 1 nitrogen and oxygen atoms in total. The molecular formula is C8H16O. The number of aliphatic hydroxyl groups is 1. The zero-order valence-electron chi connectivity index (χ0n) is 6.52. The highest BCUT2D eigenvalue weighted by Gasteiger charge is 1.94. The van der Waals surface area contributed by atoms with E-state index in [9.17, 15) is 0 Å². The molecule has 9 heavy (non-hydrogen) atoms. The Morgan fingerprint density at radius 1 is 1.67 bits per heavy atom. The van der Waals surface area contributed by atoms with Gasteiger partial charge in [-0.1, -0.05) is 18.6 Å². The van der Waals surface area contributed by atoms with Crippen molar-refractivity contribution in [2.24, 2.45) is 0 Å². The minimum Gasteiger partial charge on any atom is -0.393 e. The van der Waals surface area contributed by atoms with Gasteiger partial charge in [0.1, 0.15) is 0 Å². The maximum atomic E-state index is 8.91. The van der Waals surface area contributed by atoms with Gasteiger partial charge in [-0.05, 0) is 26.7 Å². The number of allylic oxidation sites excluding steroid dienone is 1. The maximum absolute atomic E-state index is 8.91. The van der Waals surface area contributed by atoms with E-state index in [1.807, 2.05) is 6.92 Å². The summed E-state index contributed by atoms with van der Waals surface area (Å²) in [5.41, 5.74) is 1.28. The highest BCUT2D eigenvalue weighted by molar-refractivity contribution is 4.98. The molecule has 0 aliphatic rings. The van der Waals surface area contributed by atoms with Crippen LogP contribution in [0.4, 0.5) is 0 Å². The van der Waals surface area contributed by atoms with E-state index >= 15 is 0 Å². The first kappa shape index (κ1) is 8.70. The Morgan fingerprint density at radius 2 is 2.22 bits per heavy atom. The number of rotatable bonds is 3. The Labute approximate surface area is 57.4 Å². The van der Waals surface area contributed by atoms with Gasteiger partial charge in [-0.15, -0.1) is 0 Å². The van der Waals surface area contributed by atoms with Crippen molar-refractivity contribution in [3.8, 4) is 0 Å². The van der Waals surface area contributed by atoms with E-state index in [0.29, 0.717) is 0 Å². The molecule has 54 valence electrons. The third-order valence-corrected chi connectivity index (χ3v) is 1.17. The zero-order valence-corrected chi connectivity index (χ0v) is 6.52. The third-order valence-electron chi connectivity index (χ3n) is 1.17. The summed E-state index contributed by atoms with van der Waals surface area (Å²) in [6.07, 6.45) is 3.84. The highest BCUT2D eigenvalue weighted by Crippen LogP contribution is 2.04. The average molecular weight is 128 g/mol. The molecule has 0 fully saturated rings. The summed E-state index contributed by atoms with van der Waals surface area (Å²) in [7, 11) is 0. The summed E-state index contributed by atoms with van der Waals surface area (Å²) in [5.74, 6) is 0. The second-order valence-corrected chi connectivity index (χ2v) is 2.51. The van der Waals surface area contributed by atoms with E-state index in [-0.39, 0.29) is 6.10 Å². The number of hydrogen-bond donors (Lipinski definition) is 1. The van der Waals surface area contributed by atoms with Crippen molar-refractivity contribution in [3.63, 3.8) is 0 Å². The van der Waals surface area contributed by atoms with Crippen LogP contribution < -0.4 is 0 Å². The molecular weight excluding hydrogens is 112 g/mol. The summed E-state index contributed by atoms with van der Waals surface area (Å²) in [4.78, 5) is 0. The van der Waals surface area contributed by atoms with E-state index < -0.39 is 0 Å². The Morgan fingerprint density at radius 3 is 2.56 bits per heavy atom. The second-order valence-electron chi connectivity index (χ2n) is 2.51. The van der Waals surface area contributed by atoms with E-state index in [2.05, 4.69) is 19.9 Å². The number of hydrogen-bond acceptors (Lipinski definition) is 1. The van der Waals surface area contributed by atoms with Crippen molar-refractivity contribution in [3.05, 3.63) is 11.6 Å². The molecule has 0 bridgehead atoms. The summed E-state index contributed by atoms with van der Waals surface area (Å²) in [5, 5.41) is 8.91. The molecule has 0 saturated heterocycles. The standard InChI is InChI=1S/C8H16O/c1-4-5-7(2)6-8(3)9/h5,8-9H,4,6H2,1-3H3/b7-5+. The SMILES string of the molecule is CC/C=C(\C)CC(C)O. The van der Waals surface area contributed by atoms with Gasteiger partial charge in [0, 0.05) is 0 Å². The van der Waals surface area contributed by atoms with Gasteiger partial charge in [-0.3, -0.25) is 0 Å². The van der Waals surface area contributed by atoms with Crippen molar-refractivity contribution in [1.29, 1.82) is 0 Å². The lowest BCUT2D eigenvalue weighted by Gasteiger charge is -2.02. The van der Waals surface area contributed by atoms with Crippen LogP contribution in [0.2, 0.25) is 0 Å². The fraction of sp³-hybridized carbons (Fsp3) is 0.750. The Bertz CT molecular complexity index is 92.7. The monoisotopic (exact) mass is 128 g/mol. The van der Waals surface area contributed by atoms with Gasteiger partial charge in [0.2, 0.25) is 0 Å². The van der Waals surface area contributed by atoms with Crippen molar-refractivity contribution in [2.45, 2.75) is 39.7 Å². The lowest BCUT2D eigenvalue weighted by atomic mass is 10.1. The van der Waals surface area contributed by atoms with Crippen molar-refractivity contribution >= 4 is 0 Å². The Hall–Kier alpha value is -0.300. The van der Waals surface area contributed by atoms with Crippen LogP contribution in [0.3, 0.4) is 0 Å². The quantitative estimate of drug-likeness (QED) is 0.577. The van der Waals surface area contributed by atoms with Gasteiger partial charge in [-0.2, -0.15) is 0 Å². The van der Waals surface area contributed by atoms with Crippen LogP contribution in [-0.4, -0.2) is 11.2 Å². The van der Waals surface area contributed by atoms with Crippen LogP contribution in [0.1, 0.15) is 33.6 Å². The van der Waals surface area contributed by atoms with Gasteiger partial charge in [0.05, 0.1) is 6.10 Å². The molecule has 0 spiro atoms. The van der Waals surface area contributed by atoms with Crippen LogP contribution >= 0.6 is 0 Å². The smallest absolute Gasteiger partial charge is 0.0549 e. The van der Waals surface area contributed by atoms with Gasteiger partial charge < -0.3 is 5.11 Å². The molecule has 0 radical (unpaired) electrons. The van der Waals surface area contributed by atoms with Crippen LogP contribution in [0.15, 0.2) is 11.6 Å². The van der Waals surface area contributed by atoms with E-state index in [1.54, 1.807) is 0 Å². The van der Waals surface area contributed by atoms with E-state index in [1.165, 1.54) is 5.57 Å². The normalized spacial score (nSPS) is 15.8. The van der Waals surface area contributed by atoms with Gasteiger partial charge >= 0.3 is 0 Å². The second kappa shape index (κ2) is 4.57. The molecule has 1 N–H and O–H groups in total. The molecule has 0 aromatic heterocycles. The zero-order chi connectivity index (χ0) is 7.28. The summed E-state index contributed by atoms with van der Waals surface area (Å²) >= 11 is 0. The topological polar surface area (TPSA) is 20.2 Å². The van der Waals surface area contributed by atoms with Gasteiger partial charge in [0.25, 0.3) is 0 Å². The third kappa shape index (κ3) is 5.57. The summed E-state index contributed by atoms with van der Waals surface area (Å²) in [6.45, 7) is 5.97. The largest absolute Gasteiger partial charge is 0.393 e. The first-order chi connectivity index (χ1) is 4.16. The summed E-state index contributed by atoms with van der Waals surface area (Å²) < 4.78 is 0. The van der Waals surface area contributed by atoms with Crippen LogP contribution in [0.25, 0.3) is 0 Å². The van der Waals surface area contributed by atoms with E-state index in [4.69, 9.17) is 5.11 Å². The fourth-order valence-electron chi connectivity index (χ4n) is 0.898. The minimum atomic E-state index is -0.187. The molecule has 1 atom stereocenters. The van der Waals surface area contributed by atoms with Crippen molar-refractivity contribution < 1.29 is 5.11 Å². The number of aliphatic hydroxyl groups excluding tert-OH is 1. The average Bonchev–Trinajstić information content (AvgIpc) is 1.63. The molecule has 1 heteroatoms. The molecule has 0 aromatic rings. The molecule has 0 aliphatic carbocycles. The highest BCUT2D eigenvalue weighted by atomic mass is 16.3. The molecule has 0 saturated carbocycles. The van der Waals surface area contributed by atoms with Crippen molar-refractivity contribution in [1.82, 2.24) is 0 Å². The minimum absolute atomic E-state index is 0.187.